The molecule has 0 saturated heterocycles. The summed E-state index contributed by atoms with van der Waals surface area (Å²) in [5.41, 5.74) is 1.95. The third-order valence-corrected chi connectivity index (χ3v) is 4.27. The number of carbonyl (C=O) groups is 1. The Balaban J connectivity index is 1.87. The summed E-state index contributed by atoms with van der Waals surface area (Å²) in [5.74, 6) is 1.85. The monoisotopic (exact) mass is 351 g/mol. The third kappa shape index (κ3) is 3.38. The zero-order chi connectivity index (χ0) is 18.7. The Morgan fingerprint density at radius 1 is 1.15 bits per heavy atom. The molecular weight excluding hydrogens is 333 g/mol. The molecule has 1 aromatic heterocycles. The number of benzene rings is 2. The van der Waals surface area contributed by atoms with Gasteiger partial charge in [-0.25, -0.2) is 9.18 Å². The van der Waals surface area contributed by atoms with Gasteiger partial charge in [0.15, 0.2) is 0 Å². The van der Waals surface area contributed by atoms with Crippen LogP contribution in [-0.4, -0.2) is 26.5 Å². The number of fused-ring (bicyclic) bond motifs is 1. The van der Waals surface area contributed by atoms with Crippen LogP contribution >= 0.6 is 0 Å². The number of para-hydroxylation sites is 2. The molecule has 0 aliphatic heterocycles. The Kier molecular flexibility index (Phi) is 4.90. The van der Waals surface area contributed by atoms with Crippen molar-refractivity contribution in [3.05, 3.63) is 70.4 Å². The van der Waals surface area contributed by atoms with Crippen molar-refractivity contribution >= 4 is 16.9 Å². The number of hydrogen-bond acceptors (Lipinski definition) is 2. The molecule has 0 bridgehead atoms. The summed E-state index contributed by atoms with van der Waals surface area (Å²) in [7, 11) is 1.67. The number of aryl methyl sites for hydroxylation is 1. The molecule has 0 N–H and O–H groups in total. The van der Waals surface area contributed by atoms with E-state index in [4.69, 9.17) is 6.42 Å². The molecule has 1 heterocycles. The molecule has 2 aromatic carbocycles. The maximum atomic E-state index is 13.1. The van der Waals surface area contributed by atoms with Crippen molar-refractivity contribution in [2.45, 2.75) is 13.1 Å². The Morgan fingerprint density at radius 2 is 1.81 bits per heavy atom. The number of aromatic nitrogens is 2. The van der Waals surface area contributed by atoms with Gasteiger partial charge in [0.2, 0.25) is 5.91 Å². The van der Waals surface area contributed by atoms with Gasteiger partial charge in [-0.2, -0.15) is 0 Å². The molecule has 0 unspecified atom stereocenters. The predicted molar refractivity (Wildman–Crippen MR) is 97.8 cm³/mol. The summed E-state index contributed by atoms with van der Waals surface area (Å²) < 4.78 is 16.0. The maximum Gasteiger partial charge on any atom is 0.329 e. The van der Waals surface area contributed by atoms with E-state index in [2.05, 4.69) is 5.92 Å². The maximum absolute atomic E-state index is 13.1. The molecule has 0 aliphatic carbocycles. The van der Waals surface area contributed by atoms with Crippen molar-refractivity contribution in [3.63, 3.8) is 0 Å². The van der Waals surface area contributed by atoms with E-state index in [1.54, 1.807) is 25.2 Å². The SMILES string of the molecule is C#CCN(Cc1ccc(F)cc1)C(=O)Cn1c(=O)n(C)c2ccccc21. The number of halogens is 1. The van der Waals surface area contributed by atoms with Gasteiger partial charge in [0.05, 0.1) is 17.6 Å². The fourth-order valence-corrected chi connectivity index (χ4v) is 2.90. The zero-order valence-electron chi connectivity index (χ0n) is 14.4. The first-order valence-corrected chi connectivity index (χ1v) is 8.11. The van der Waals surface area contributed by atoms with Crippen LogP contribution in [0.2, 0.25) is 0 Å². The molecule has 0 atom stereocenters. The van der Waals surface area contributed by atoms with E-state index in [1.165, 1.54) is 26.2 Å². The first kappa shape index (κ1) is 17.5. The number of terminal acetylenes is 1. The normalized spacial score (nSPS) is 10.7. The topological polar surface area (TPSA) is 47.2 Å². The second kappa shape index (κ2) is 7.28. The quantitative estimate of drug-likeness (QED) is 0.661. The second-order valence-corrected chi connectivity index (χ2v) is 6.00. The highest BCUT2D eigenvalue weighted by atomic mass is 19.1. The third-order valence-electron chi connectivity index (χ3n) is 4.27. The van der Waals surface area contributed by atoms with Crippen LogP contribution in [0.3, 0.4) is 0 Å². The van der Waals surface area contributed by atoms with Crippen LogP contribution in [0.5, 0.6) is 0 Å². The molecule has 0 fully saturated rings. The smallest absolute Gasteiger partial charge is 0.326 e. The molecule has 132 valence electrons. The number of hydrogen-bond donors (Lipinski definition) is 0. The summed E-state index contributed by atoms with van der Waals surface area (Å²) in [6.07, 6.45) is 5.39. The van der Waals surface area contributed by atoms with Crippen molar-refractivity contribution < 1.29 is 9.18 Å². The molecule has 3 aromatic rings. The highest BCUT2D eigenvalue weighted by Gasteiger charge is 2.18. The van der Waals surface area contributed by atoms with Crippen LogP contribution in [0.15, 0.2) is 53.3 Å². The highest BCUT2D eigenvalue weighted by molar-refractivity contribution is 5.81. The van der Waals surface area contributed by atoms with E-state index in [0.29, 0.717) is 5.52 Å². The predicted octanol–water partition coefficient (Wildman–Crippen LogP) is 2.14. The van der Waals surface area contributed by atoms with E-state index in [0.717, 1.165) is 11.1 Å². The van der Waals surface area contributed by atoms with Crippen LogP contribution in [-0.2, 0) is 24.9 Å². The number of carbonyl (C=O) groups excluding carboxylic acids is 1. The number of nitrogens with zero attached hydrogens (tertiary/aromatic N) is 3. The van der Waals surface area contributed by atoms with Gasteiger partial charge in [-0.15, -0.1) is 6.42 Å². The van der Waals surface area contributed by atoms with Crippen molar-refractivity contribution in [3.8, 4) is 12.3 Å². The summed E-state index contributed by atoms with van der Waals surface area (Å²) in [5, 5.41) is 0. The first-order chi connectivity index (χ1) is 12.5. The second-order valence-electron chi connectivity index (χ2n) is 6.00. The molecule has 0 aliphatic rings. The lowest BCUT2D eigenvalue weighted by atomic mass is 10.2. The van der Waals surface area contributed by atoms with Gasteiger partial charge in [0, 0.05) is 13.6 Å². The Morgan fingerprint density at radius 3 is 2.46 bits per heavy atom. The molecule has 0 radical (unpaired) electrons. The Hall–Kier alpha value is -3.33. The average Bonchev–Trinajstić information content (AvgIpc) is 2.88. The molecule has 6 heteroatoms. The van der Waals surface area contributed by atoms with Gasteiger partial charge in [0.25, 0.3) is 0 Å². The summed E-state index contributed by atoms with van der Waals surface area (Å²) in [6, 6.07) is 13.2. The van der Waals surface area contributed by atoms with E-state index in [1.807, 2.05) is 18.2 Å². The average molecular weight is 351 g/mol. The van der Waals surface area contributed by atoms with E-state index in [9.17, 15) is 14.0 Å². The number of rotatable bonds is 5. The minimum Gasteiger partial charge on any atom is -0.326 e. The van der Waals surface area contributed by atoms with Gasteiger partial charge in [0.1, 0.15) is 12.4 Å². The van der Waals surface area contributed by atoms with E-state index >= 15 is 0 Å². The van der Waals surface area contributed by atoms with Gasteiger partial charge in [-0.3, -0.25) is 13.9 Å². The molecule has 0 saturated carbocycles. The van der Waals surface area contributed by atoms with Gasteiger partial charge < -0.3 is 4.90 Å². The lowest BCUT2D eigenvalue weighted by Gasteiger charge is -2.20. The lowest BCUT2D eigenvalue weighted by molar-refractivity contribution is -0.131. The van der Waals surface area contributed by atoms with Gasteiger partial charge in [-0.1, -0.05) is 30.2 Å². The van der Waals surface area contributed by atoms with Crippen LogP contribution in [0.25, 0.3) is 11.0 Å². The largest absolute Gasteiger partial charge is 0.329 e. The molecular formula is C20H18FN3O2. The molecule has 1 amide bonds. The van der Waals surface area contributed by atoms with Crippen LogP contribution < -0.4 is 5.69 Å². The van der Waals surface area contributed by atoms with Crippen molar-refractivity contribution in [2.75, 3.05) is 6.54 Å². The van der Waals surface area contributed by atoms with Crippen LogP contribution in [0, 0.1) is 18.2 Å². The van der Waals surface area contributed by atoms with E-state index < -0.39 is 0 Å². The minimum atomic E-state index is -0.342. The van der Waals surface area contributed by atoms with Crippen molar-refractivity contribution in [1.82, 2.24) is 14.0 Å². The van der Waals surface area contributed by atoms with E-state index in [-0.39, 0.29) is 37.0 Å². The van der Waals surface area contributed by atoms with Crippen molar-refractivity contribution in [1.29, 1.82) is 0 Å². The fraction of sp³-hybridized carbons (Fsp3) is 0.200. The summed E-state index contributed by atoms with van der Waals surface area (Å²) in [4.78, 5) is 26.7. The lowest BCUT2D eigenvalue weighted by Crippen LogP contribution is -2.36. The van der Waals surface area contributed by atoms with Crippen LogP contribution in [0.1, 0.15) is 5.56 Å². The number of imidazole rings is 1. The molecule has 5 nitrogen and oxygen atoms in total. The first-order valence-electron chi connectivity index (χ1n) is 8.11. The molecule has 0 spiro atoms. The Labute approximate surface area is 150 Å². The zero-order valence-corrected chi connectivity index (χ0v) is 14.4. The molecule has 26 heavy (non-hydrogen) atoms. The summed E-state index contributed by atoms with van der Waals surface area (Å²) >= 11 is 0. The highest BCUT2D eigenvalue weighted by Crippen LogP contribution is 2.13. The van der Waals surface area contributed by atoms with Gasteiger partial charge >= 0.3 is 5.69 Å². The van der Waals surface area contributed by atoms with Crippen LogP contribution in [0.4, 0.5) is 4.39 Å². The molecule has 3 rings (SSSR count). The minimum absolute atomic E-state index is 0.107. The standard InChI is InChI=1S/C20H18FN3O2/c1-3-12-23(13-15-8-10-16(21)11-9-15)19(25)14-24-18-7-5-4-6-17(18)22(2)20(24)26/h1,4-11H,12-14H2,2H3. The Bertz CT molecular complexity index is 1040. The number of amides is 1. The van der Waals surface area contributed by atoms with Gasteiger partial charge in [-0.05, 0) is 29.8 Å². The summed E-state index contributed by atoms with van der Waals surface area (Å²) in [6.45, 7) is 0.252. The fourth-order valence-electron chi connectivity index (χ4n) is 2.90. The van der Waals surface area contributed by atoms with Crippen molar-refractivity contribution in [2.24, 2.45) is 7.05 Å².